The molecule has 0 aliphatic carbocycles. The molecule has 2 rings (SSSR count). The monoisotopic (exact) mass is 287 g/mol. The molecule has 0 aromatic heterocycles. The van der Waals surface area contributed by atoms with Crippen LogP contribution in [-0.2, 0) is 11.3 Å². The van der Waals surface area contributed by atoms with E-state index in [0.29, 0.717) is 16.6 Å². The Kier molecular flexibility index (Phi) is 4.49. The molecular weight excluding hydrogens is 273 g/mol. The molecule has 1 atom stereocenters. The predicted octanol–water partition coefficient (Wildman–Crippen LogP) is 3.29. The Morgan fingerprint density at radius 2 is 2.06 bits per heavy atom. The third kappa shape index (κ3) is 3.37. The van der Waals surface area contributed by atoms with Crippen LogP contribution in [0.3, 0.4) is 0 Å². The number of nitrogens with zero attached hydrogens (tertiary/aromatic N) is 1. The van der Waals surface area contributed by atoms with Crippen molar-refractivity contribution in [3.8, 4) is 0 Å². The first-order valence-corrected chi connectivity index (χ1v) is 6.69. The number of hydrogen-bond donors (Lipinski definition) is 1. The van der Waals surface area contributed by atoms with Crippen molar-refractivity contribution < 1.29 is 9.90 Å². The van der Waals surface area contributed by atoms with Gasteiger partial charge in [0.1, 0.15) is 0 Å². The van der Waals surface area contributed by atoms with Crippen LogP contribution in [0.5, 0.6) is 0 Å². The molecule has 0 amide bonds. The smallest absolute Gasteiger partial charge is 0.303 e. The van der Waals surface area contributed by atoms with Gasteiger partial charge in [0.05, 0.1) is 0 Å². The summed E-state index contributed by atoms with van der Waals surface area (Å²) in [4.78, 5) is 12.9. The maximum atomic E-state index is 10.7. The summed E-state index contributed by atoms with van der Waals surface area (Å²) in [6.07, 6.45) is 1.17. The van der Waals surface area contributed by atoms with E-state index in [4.69, 9.17) is 28.3 Å². The average molecular weight is 288 g/mol. The fourth-order valence-corrected chi connectivity index (χ4v) is 2.89. The van der Waals surface area contributed by atoms with Gasteiger partial charge in [-0.15, -0.1) is 0 Å². The Bertz CT molecular complexity index is 430. The summed E-state index contributed by atoms with van der Waals surface area (Å²) in [5, 5.41) is 10.1. The molecule has 98 valence electrons. The molecule has 1 N–H and O–H groups in total. The Morgan fingerprint density at radius 1 is 1.39 bits per heavy atom. The van der Waals surface area contributed by atoms with E-state index in [-0.39, 0.29) is 12.3 Å². The zero-order valence-electron chi connectivity index (χ0n) is 9.90. The highest BCUT2D eigenvalue weighted by atomic mass is 35.5. The number of benzene rings is 1. The van der Waals surface area contributed by atoms with E-state index < -0.39 is 5.97 Å². The molecule has 1 aliphatic rings. The van der Waals surface area contributed by atoms with Crippen molar-refractivity contribution in [2.75, 3.05) is 13.1 Å². The number of carboxylic acids is 1. The zero-order valence-corrected chi connectivity index (χ0v) is 11.4. The van der Waals surface area contributed by atoms with Crippen LogP contribution in [0.1, 0.15) is 18.4 Å². The van der Waals surface area contributed by atoms with Crippen molar-refractivity contribution in [3.63, 3.8) is 0 Å². The van der Waals surface area contributed by atoms with Crippen LogP contribution >= 0.6 is 23.2 Å². The summed E-state index contributed by atoms with van der Waals surface area (Å²) in [5.41, 5.74) is 0.928. The number of carboxylic acid groups (broad SMARTS) is 1. The molecule has 0 spiro atoms. The maximum Gasteiger partial charge on any atom is 0.303 e. The lowest BCUT2D eigenvalue weighted by Crippen LogP contribution is -2.21. The van der Waals surface area contributed by atoms with E-state index in [0.717, 1.165) is 25.1 Å². The van der Waals surface area contributed by atoms with E-state index in [1.54, 1.807) is 0 Å². The number of aliphatic carboxylic acids is 1. The predicted molar refractivity (Wildman–Crippen MR) is 72.1 cm³/mol. The molecule has 0 bridgehead atoms. The van der Waals surface area contributed by atoms with Gasteiger partial charge in [-0.25, -0.2) is 0 Å². The second-order valence-electron chi connectivity index (χ2n) is 4.69. The van der Waals surface area contributed by atoms with Crippen molar-refractivity contribution in [2.45, 2.75) is 19.4 Å². The molecule has 1 fully saturated rings. The van der Waals surface area contributed by atoms with Gasteiger partial charge in [-0.05, 0) is 31.0 Å². The molecule has 18 heavy (non-hydrogen) atoms. The highest BCUT2D eigenvalue weighted by Gasteiger charge is 2.25. The minimum atomic E-state index is -0.724. The molecule has 1 aromatic carbocycles. The summed E-state index contributed by atoms with van der Waals surface area (Å²) < 4.78 is 0. The van der Waals surface area contributed by atoms with E-state index in [9.17, 15) is 4.79 Å². The maximum absolute atomic E-state index is 10.7. The van der Waals surface area contributed by atoms with Gasteiger partial charge < -0.3 is 5.11 Å². The first-order valence-electron chi connectivity index (χ1n) is 5.93. The molecule has 1 aromatic rings. The zero-order chi connectivity index (χ0) is 13.1. The Morgan fingerprint density at radius 3 is 2.67 bits per heavy atom. The molecule has 0 unspecified atom stereocenters. The van der Waals surface area contributed by atoms with Crippen LogP contribution in [0.2, 0.25) is 10.0 Å². The fourth-order valence-electron chi connectivity index (χ4n) is 2.38. The van der Waals surface area contributed by atoms with Gasteiger partial charge in [0.2, 0.25) is 0 Å². The van der Waals surface area contributed by atoms with Crippen LogP contribution in [0.25, 0.3) is 0 Å². The first kappa shape index (κ1) is 13.7. The van der Waals surface area contributed by atoms with Crippen molar-refractivity contribution >= 4 is 29.2 Å². The third-order valence-electron chi connectivity index (χ3n) is 3.28. The molecule has 1 saturated heterocycles. The average Bonchev–Trinajstić information content (AvgIpc) is 2.70. The lowest BCUT2D eigenvalue weighted by molar-refractivity contribution is -0.138. The van der Waals surface area contributed by atoms with Crippen LogP contribution in [-0.4, -0.2) is 29.1 Å². The standard InChI is InChI=1S/C13H15Cl2NO2/c14-11-2-1-3-12(15)10(11)8-16-5-4-9(7-16)6-13(17)18/h1-3,9H,4-8H2,(H,17,18)/t9-/m0/s1. The topological polar surface area (TPSA) is 40.5 Å². The van der Waals surface area contributed by atoms with E-state index >= 15 is 0 Å². The number of carbonyl (C=O) groups is 1. The SMILES string of the molecule is O=C(O)C[C@@H]1CCN(Cc2c(Cl)cccc2Cl)C1. The van der Waals surface area contributed by atoms with E-state index in [2.05, 4.69) is 4.90 Å². The summed E-state index contributed by atoms with van der Waals surface area (Å²) >= 11 is 12.2. The fraction of sp³-hybridized carbons (Fsp3) is 0.462. The van der Waals surface area contributed by atoms with Gasteiger partial charge in [0, 0.05) is 35.1 Å². The van der Waals surface area contributed by atoms with Gasteiger partial charge in [-0.3, -0.25) is 9.69 Å². The summed E-state index contributed by atoms with van der Waals surface area (Å²) in [6.45, 7) is 2.39. The lowest BCUT2D eigenvalue weighted by Gasteiger charge is -2.17. The normalized spacial score (nSPS) is 20.2. The second kappa shape index (κ2) is 5.91. The quantitative estimate of drug-likeness (QED) is 0.924. The Hall–Kier alpha value is -0.770. The van der Waals surface area contributed by atoms with Crippen LogP contribution in [0.15, 0.2) is 18.2 Å². The molecule has 1 heterocycles. The van der Waals surface area contributed by atoms with Crippen molar-refractivity contribution in [3.05, 3.63) is 33.8 Å². The first-order chi connectivity index (χ1) is 8.56. The Labute approximate surface area is 116 Å². The molecule has 0 radical (unpaired) electrons. The summed E-state index contributed by atoms with van der Waals surface area (Å²) in [7, 11) is 0. The van der Waals surface area contributed by atoms with Crippen molar-refractivity contribution in [2.24, 2.45) is 5.92 Å². The van der Waals surface area contributed by atoms with Crippen LogP contribution in [0.4, 0.5) is 0 Å². The minimum absolute atomic E-state index is 0.240. The highest BCUT2D eigenvalue weighted by Crippen LogP contribution is 2.28. The lowest BCUT2D eigenvalue weighted by atomic mass is 10.1. The van der Waals surface area contributed by atoms with Crippen LogP contribution in [0, 0.1) is 5.92 Å². The van der Waals surface area contributed by atoms with Crippen molar-refractivity contribution in [1.82, 2.24) is 4.90 Å². The van der Waals surface area contributed by atoms with Gasteiger partial charge in [-0.2, -0.15) is 0 Å². The Balaban J connectivity index is 1.97. The minimum Gasteiger partial charge on any atom is -0.481 e. The van der Waals surface area contributed by atoms with Gasteiger partial charge in [-0.1, -0.05) is 29.3 Å². The van der Waals surface area contributed by atoms with Crippen molar-refractivity contribution in [1.29, 1.82) is 0 Å². The van der Waals surface area contributed by atoms with Gasteiger partial charge in [0.25, 0.3) is 0 Å². The second-order valence-corrected chi connectivity index (χ2v) is 5.50. The molecule has 5 heteroatoms. The number of hydrogen-bond acceptors (Lipinski definition) is 2. The molecule has 0 saturated carbocycles. The summed E-state index contributed by atoms with van der Waals surface area (Å²) in [6, 6.07) is 5.48. The largest absolute Gasteiger partial charge is 0.481 e. The van der Waals surface area contributed by atoms with Gasteiger partial charge >= 0.3 is 5.97 Å². The van der Waals surface area contributed by atoms with E-state index in [1.807, 2.05) is 18.2 Å². The van der Waals surface area contributed by atoms with Crippen LogP contribution < -0.4 is 0 Å². The summed E-state index contributed by atoms with van der Waals surface area (Å²) in [5.74, 6) is -0.485. The number of rotatable bonds is 4. The highest BCUT2D eigenvalue weighted by molar-refractivity contribution is 6.35. The number of likely N-dealkylation sites (tertiary alicyclic amines) is 1. The molecular formula is C13H15Cl2NO2. The number of halogens is 2. The molecule has 3 nitrogen and oxygen atoms in total. The van der Waals surface area contributed by atoms with Gasteiger partial charge in [0.15, 0.2) is 0 Å². The molecule has 1 aliphatic heterocycles. The van der Waals surface area contributed by atoms with E-state index in [1.165, 1.54) is 0 Å². The third-order valence-corrected chi connectivity index (χ3v) is 3.98.